The largest absolute Gasteiger partial charge is 0.338 e. The molecular weight excluding hydrogens is 314 g/mol. The lowest BCUT2D eigenvalue weighted by atomic mass is 10.2. The molecule has 0 bridgehead atoms. The quantitative estimate of drug-likeness (QED) is 0.890. The fourth-order valence-corrected chi connectivity index (χ4v) is 2.05. The summed E-state index contributed by atoms with van der Waals surface area (Å²) in [6, 6.07) is 9.45. The zero-order valence-electron chi connectivity index (χ0n) is 9.54. The Labute approximate surface area is 119 Å². The summed E-state index contributed by atoms with van der Waals surface area (Å²) in [5.41, 5.74) is 2.37. The minimum absolute atomic E-state index is 0.327. The van der Waals surface area contributed by atoms with Gasteiger partial charge in [0.15, 0.2) is 5.82 Å². The van der Waals surface area contributed by atoms with Crippen LogP contribution in [0.5, 0.6) is 0 Å². The number of benzene rings is 1. The maximum Gasteiger partial charge on any atom is 0.150 e. The lowest BCUT2D eigenvalue weighted by molar-refractivity contribution is 1.28. The van der Waals surface area contributed by atoms with Crippen LogP contribution in [0, 0.1) is 18.3 Å². The summed E-state index contributed by atoms with van der Waals surface area (Å²) in [7, 11) is 0. The predicted molar refractivity (Wildman–Crippen MR) is 76.1 cm³/mol. The van der Waals surface area contributed by atoms with Crippen LogP contribution in [-0.4, -0.2) is 4.98 Å². The first-order chi connectivity index (χ1) is 8.63. The van der Waals surface area contributed by atoms with Crippen LogP contribution in [0.3, 0.4) is 0 Å². The van der Waals surface area contributed by atoms with E-state index in [1.807, 2.05) is 31.2 Å². The summed E-state index contributed by atoms with van der Waals surface area (Å²) in [5.74, 6) is 0.474. The average molecular weight is 323 g/mol. The lowest BCUT2D eigenvalue weighted by Gasteiger charge is -2.11. The van der Waals surface area contributed by atoms with E-state index in [4.69, 9.17) is 16.9 Å². The first-order valence-electron chi connectivity index (χ1n) is 5.20. The topological polar surface area (TPSA) is 48.7 Å². The number of aryl methyl sites for hydroxylation is 1. The summed E-state index contributed by atoms with van der Waals surface area (Å²) < 4.78 is 0.949. The molecule has 0 radical (unpaired) electrons. The van der Waals surface area contributed by atoms with Crippen LogP contribution in [0.15, 0.2) is 34.9 Å². The van der Waals surface area contributed by atoms with E-state index in [9.17, 15) is 0 Å². The van der Waals surface area contributed by atoms with Gasteiger partial charge in [0.1, 0.15) is 11.1 Å². The second kappa shape index (κ2) is 5.38. The van der Waals surface area contributed by atoms with Gasteiger partial charge in [-0.05, 0) is 40.5 Å². The minimum Gasteiger partial charge on any atom is -0.338 e. The van der Waals surface area contributed by atoms with E-state index < -0.39 is 0 Å². The molecule has 0 aliphatic rings. The van der Waals surface area contributed by atoms with Crippen LogP contribution < -0.4 is 5.32 Å². The third-order valence-corrected chi connectivity index (χ3v) is 3.89. The molecule has 0 atom stereocenters. The number of anilines is 2. The Bertz CT molecular complexity index is 635. The van der Waals surface area contributed by atoms with Crippen molar-refractivity contribution in [3.8, 4) is 6.07 Å². The third-order valence-electron chi connectivity index (χ3n) is 2.45. The van der Waals surface area contributed by atoms with Crippen LogP contribution in [0.4, 0.5) is 11.5 Å². The number of nitriles is 1. The smallest absolute Gasteiger partial charge is 0.150 e. The lowest BCUT2D eigenvalue weighted by Crippen LogP contribution is -1.97. The van der Waals surface area contributed by atoms with E-state index in [2.05, 4.69) is 26.2 Å². The predicted octanol–water partition coefficient (Wildman–Crippen LogP) is 4.42. The van der Waals surface area contributed by atoms with Gasteiger partial charge in [0.25, 0.3) is 0 Å². The normalized spacial score (nSPS) is 9.89. The average Bonchev–Trinajstić information content (AvgIpc) is 2.37. The van der Waals surface area contributed by atoms with Crippen molar-refractivity contribution in [2.75, 3.05) is 5.32 Å². The molecule has 0 saturated heterocycles. The summed E-state index contributed by atoms with van der Waals surface area (Å²) in [4.78, 5) is 4.14. The first kappa shape index (κ1) is 12.9. The zero-order chi connectivity index (χ0) is 13.1. The maximum absolute atomic E-state index is 8.91. The van der Waals surface area contributed by atoms with Gasteiger partial charge in [0, 0.05) is 10.7 Å². The highest BCUT2D eigenvalue weighted by Crippen LogP contribution is 2.31. The molecular formula is C13H9BrClN3. The molecule has 2 aromatic rings. The Kier molecular flexibility index (Phi) is 3.85. The van der Waals surface area contributed by atoms with Crippen molar-refractivity contribution in [2.45, 2.75) is 6.92 Å². The van der Waals surface area contributed by atoms with Crippen molar-refractivity contribution in [3.05, 3.63) is 51.1 Å². The molecule has 0 amide bonds. The number of nitrogens with zero attached hydrogens (tertiary/aromatic N) is 2. The molecule has 0 saturated carbocycles. The molecule has 0 aliphatic carbocycles. The molecule has 0 unspecified atom stereocenters. The molecule has 5 heteroatoms. The highest BCUT2D eigenvalue weighted by atomic mass is 79.9. The number of pyridine rings is 1. The van der Waals surface area contributed by atoms with Crippen LogP contribution in [-0.2, 0) is 0 Å². The molecule has 3 nitrogen and oxygen atoms in total. The van der Waals surface area contributed by atoms with E-state index in [-0.39, 0.29) is 0 Å². The highest BCUT2D eigenvalue weighted by molar-refractivity contribution is 9.10. The van der Waals surface area contributed by atoms with Gasteiger partial charge in [-0.3, -0.25) is 0 Å². The van der Waals surface area contributed by atoms with Gasteiger partial charge in [-0.25, -0.2) is 4.98 Å². The van der Waals surface area contributed by atoms with Crippen molar-refractivity contribution >= 4 is 39.0 Å². The molecule has 18 heavy (non-hydrogen) atoms. The van der Waals surface area contributed by atoms with E-state index >= 15 is 0 Å². The van der Waals surface area contributed by atoms with Crippen molar-refractivity contribution in [2.24, 2.45) is 0 Å². The first-order valence-corrected chi connectivity index (χ1v) is 6.37. The molecule has 1 aromatic carbocycles. The van der Waals surface area contributed by atoms with Crippen LogP contribution in [0.2, 0.25) is 5.02 Å². The van der Waals surface area contributed by atoms with Crippen LogP contribution >= 0.6 is 27.5 Å². The molecule has 0 spiro atoms. The number of halogens is 2. The van der Waals surface area contributed by atoms with E-state index in [0.29, 0.717) is 16.4 Å². The van der Waals surface area contributed by atoms with Crippen LogP contribution in [0.25, 0.3) is 0 Å². The molecule has 0 fully saturated rings. The number of hydrogen-bond donors (Lipinski definition) is 1. The van der Waals surface area contributed by atoms with E-state index in [0.717, 1.165) is 15.7 Å². The van der Waals surface area contributed by atoms with Gasteiger partial charge in [-0.2, -0.15) is 5.26 Å². The van der Waals surface area contributed by atoms with Crippen molar-refractivity contribution in [1.29, 1.82) is 5.26 Å². The Hall–Kier alpha value is -1.57. The minimum atomic E-state index is 0.327. The standard InChI is InChI=1S/C13H9BrClN3/c1-8-3-2-4-10(11(8)14)18-13-12(15)9(7-16)5-6-17-13/h2-6H,1H3,(H,17,18). The number of hydrogen-bond acceptors (Lipinski definition) is 3. The summed E-state index contributed by atoms with van der Waals surface area (Å²) in [6.07, 6.45) is 1.55. The Morgan fingerprint density at radius 3 is 2.89 bits per heavy atom. The van der Waals surface area contributed by atoms with Gasteiger partial charge < -0.3 is 5.32 Å². The van der Waals surface area contributed by atoms with Crippen molar-refractivity contribution in [3.63, 3.8) is 0 Å². The second-order valence-corrected chi connectivity index (χ2v) is 4.87. The van der Waals surface area contributed by atoms with E-state index in [1.54, 1.807) is 12.3 Å². The summed E-state index contributed by atoms with van der Waals surface area (Å²) >= 11 is 9.59. The Balaban J connectivity index is 2.41. The monoisotopic (exact) mass is 321 g/mol. The van der Waals surface area contributed by atoms with Crippen molar-refractivity contribution in [1.82, 2.24) is 4.98 Å². The molecule has 90 valence electrons. The van der Waals surface area contributed by atoms with Crippen LogP contribution in [0.1, 0.15) is 11.1 Å². The Morgan fingerprint density at radius 1 is 1.39 bits per heavy atom. The maximum atomic E-state index is 8.91. The van der Waals surface area contributed by atoms with Gasteiger partial charge in [-0.1, -0.05) is 23.7 Å². The number of aromatic nitrogens is 1. The molecule has 1 heterocycles. The number of rotatable bonds is 2. The molecule has 2 rings (SSSR count). The molecule has 0 aliphatic heterocycles. The second-order valence-electron chi connectivity index (χ2n) is 3.69. The van der Waals surface area contributed by atoms with Crippen molar-refractivity contribution < 1.29 is 0 Å². The third kappa shape index (κ3) is 2.47. The summed E-state index contributed by atoms with van der Waals surface area (Å²) in [5, 5.41) is 12.4. The number of nitrogens with one attached hydrogen (secondary N) is 1. The van der Waals surface area contributed by atoms with Gasteiger partial charge >= 0.3 is 0 Å². The fraction of sp³-hybridized carbons (Fsp3) is 0.0769. The molecule has 1 N–H and O–H groups in total. The zero-order valence-corrected chi connectivity index (χ0v) is 11.9. The van der Waals surface area contributed by atoms with Gasteiger partial charge in [0.2, 0.25) is 0 Å². The fourth-order valence-electron chi connectivity index (χ4n) is 1.49. The Morgan fingerprint density at radius 2 is 2.17 bits per heavy atom. The van der Waals surface area contributed by atoms with E-state index in [1.165, 1.54) is 0 Å². The summed E-state index contributed by atoms with van der Waals surface area (Å²) in [6.45, 7) is 2.00. The van der Waals surface area contributed by atoms with Gasteiger partial charge in [0.05, 0.1) is 11.3 Å². The molecule has 1 aromatic heterocycles. The van der Waals surface area contributed by atoms with Gasteiger partial charge in [-0.15, -0.1) is 0 Å². The highest BCUT2D eigenvalue weighted by Gasteiger charge is 2.09. The SMILES string of the molecule is Cc1cccc(Nc2nccc(C#N)c2Cl)c1Br.